The van der Waals surface area contributed by atoms with Crippen LogP contribution < -0.4 is 20.7 Å². The summed E-state index contributed by atoms with van der Waals surface area (Å²) < 4.78 is 6.35. The van der Waals surface area contributed by atoms with Crippen molar-refractivity contribution in [2.45, 2.75) is 64.8 Å². The van der Waals surface area contributed by atoms with Crippen LogP contribution in [0.15, 0.2) is 60.8 Å². The number of rotatable bonds is 8. The van der Waals surface area contributed by atoms with E-state index in [1.165, 1.54) is 0 Å². The quantitative estimate of drug-likeness (QED) is 0.482. The van der Waals surface area contributed by atoms with E-state index in [0.717, 1.165) is 11.1 Å². The molecule has 0 saturated carbocycles. The van der Waals surface area contributed by atoms with Gasteiger partial charge in [0.25, 0.3) is 0 Å². The maximum atomic E-state index is 13.9. The second-order valence-corrected chi connectivity index (χ2v) is 11.1. The average Bonchev–Trinajstić information content (AvgIpc) is 2.89. The first-order valence-electron chi connectivity index (χ1n) is 13.6. The van der Waals surface area contributed by atoms with Crippen LogP contribution in [0, 0.1) is 11.8 Å². The highest BCUT2D eigenvalue weighted by atomic mass is 16.5. The number of amides is 3. The van der Waals surface area contributed by atoms with E-state index in [1.807, 2.05) is 101 Å². The maximum absolute atomic E-state index is 13.9. The van der Waals surface area contributed by atoms with Gasteiger partial charge in [0.05, 0.1) is 6.04 Å². The fourth-order valence-electron chi connectivity index (χ4n) is 4.58. The van der Waals surface area contributed by atoms with Crippen molar-refractivity contribution in [1.82, 2.24) is 20.9 Å². The lowest BCUT2D eigenvalue weighted by Gasteiger charge is -2.34. The van der Waals surface area contributed by atoms with E-state index in [4.69, 9.17) is 4.74 Å². The number of fused-ring (bicyclic) bond motifs is 10. The zero-order valence-corrected chi connectivity index (χ0v) is 23.8. The van der Waals surface area contributed by atoms with Crippen molar-refractivity contribution in [3.63, 3.8) is 0 Å². The summed E-state index contributed by atoms with van der Waals surface area (Å²) in [5.74, 6) is -0.446. The molecule has 39 heavy (non-hydrogen) atoms. The Balaban J connectivity index is 1.98. The summed E-state index contributed by atoms with van der Waals surface area (Å²) in [5, 5.41) is 8.70. The molecule has 8 nitrogen and oxygen atoms in total. The molecule has 2 aliphatic heterocycles. The molecule has 4 atom stereocenters. The number of nitrogens with one attached hydrogen (secondary N) is 3. The lowest BCUT2D eigenvalue weighted by molar-refractivity contribution is -0.136. The molecular formula is C31H42N4O4. The molecule has 2 bridgehead atoms. The number of carbonyl (C=O) groups excluding carboxylic acids is 3. The van der Waals surface area contributed by atoms with E-state index in [2.05, 4.69) is 16.0 Å². The molecule has 210 valence electrons. The summed E-state index contributed by atoms with van der Waals surface area (Å²) in [7, 11) is 3.69. The molecule has 3 amide bonds. The maximum Gasteiger partial charge on any atom is 0.247 e. The van der Waals surface area contributed by atoms with Gasteiger partial charge in [-0.3, -0.25) is 19.3 Å². The first-order valence-corrected chi connectivity index (χ1v) is 13.6. The van der Waals surface area contributed by atoms with Gasteiger partial charge >= 0.3 is 0 Å². The van der Waals surface area contributed by atoms with Crippen LogP contribution in [0.2, 0.25) is 0 Å². The molecular weight excluding hydrogens is 492 g/mol. The third-order valence-electron chi connectivity index (χ3n) is 6.76. The molecule has 0 aliphatic carbocycles. The first kappa shape index (κ1) is 29.9. The van der Waals surface area contributed by atoms with Crippen LogP contribution in [0.25, 0.3) is 6.08 Å². The van der Waals surface area contributed by atoms with Gasteiger partial charge in [-0.2, -0.15) is 0 Å². The number of likely N-dealkylation sites (N-methyl/N-ethyl adjacent to an activating group) is 1. The second kappa shape index (κ2) is 13.9. The Morgan fingerprint density at radius 2 is 1.64 bits per heavy atom. The SMILES string of the molecule is CC(C)C[C@@H]1NC(=O)[C@@H](NC(=O)[C@H](Cc2ccccc2)N(C)C)[C@H](C(C)C)Oc2ccc(cc2)/C=C\NC1=O. The molecule has 0 aromatic heterocycles. The van der Waals surface area contributed by atoms with Crippen LogP contribution in [0.3, 0.4) is 0 Å². The molecule has 2 aromatic carbocycles. The molecule has 2 aliphatic rings. The molecule has 4 rings (SSSR count). The molecule has 0 spiro atoms. The monoisotopic (exact) mass is 534 g/mol. The predicted octanol–water partition coefficient (Wildman–Crippen LogP) is 3.38. The summed E-state index contributed by atoms with van der Waals surface area (Å²) in [6.45, 7) is 7.88. The van der Waals surface area contributed by atoms with Gasteiger partial charge in [0, 0.05) is 6.20 Å². The largest absolute Gasteiger partial charge is 0.487 e. The Labute approximate surface area is 232 Å². The van der Waals surface area contributed by atoms with E-state index in [0.29, 0.717) is 18.6 Å². The van der Waals surface area contributed by atoms with Crippen molar-refractivity contribution >= 4 is 23.8 Å². The highest BCUT2D eigenvalue weighted by Gasteiger charge is 2.38. The van der Waals surface area contributed by atoms with Gasteiger partial charge in [-0.25, -0.2) is 0 Å². The van der Waals surface area contributed by atoms with Crippen LogP contribution in [-0.2, 0) is 20.8 Å². The van der Waals surface area contributed by atoms with Gasteiger partial charge in [-0.05, 0) is 68.1 Å². The molecule has 0 unspecified atom stereocenters. The van der Waals surface area contributed by atoms with Gasteiger partial charge in [0.2, 0.25) is 17.7 Å². The van der Waals surface area contributed by atoms with Gasteiger partial charge in [-0.1, -0.05) is 70.2 Å². The lowest BCUT2D eigenvalue weighted by atomic mass is 9.96. The van der Waals surface area contributed by atoms with Crippen molar-refractivity contribution in [1.29, 1.82) is 0 Å². The molecule has 0 radical (unpaired) electrons. The van der Waals surface area contributed by atoms with Gasteiger partial charge in [0.1, 0.15) is 23.9 Å². The van der Waals surface area contributed by atoms with Crippen molar-refractivity contribution in [2.75, 3.05) is 14.1 Å². The minimum absolute atomic E-state index is 0.127. The summed E-state index contributed by atoms with van der Waals surface area (Å²) in [6.07, 6.45) is 3.61. The standard InChI is InChI=1S/C31H42N4O4/c1-20(2)18-25-29(36)32-17-16-22-12-14-24(15-13-22)39-28(21(3)4)27(31(38)33-25)34-30(37)26(35(5)6)19-23-10-8-7-9-11-23/h7-17,20-21,25-28H,18-19H2,1-6H3,(H,32,36)(H,33,38)(H,34,37)/b17-16-/t25-,26-,27-,28-/m0/s1. The van der Waals surface area contributed by atoms with E-state index in [9.17, 15) is 14.4 Å². The Kier molecular flexibility index (Phi) is 10.7. The van der Waals surface area contributed by atoms with E-state index in [-0.39, 0.29) is 23.7 Å². The smallest absolute Gasteiger partial charge is 0.247 e. The number of hydrogen-bond donors (Lipinski definition) is 3. The van der Waals surface area contributed by atoms with Gasteiger partial charge in [0.15, 0.2) is 0 Å². The fourth-order valence-corrected chi connectivity index (χ4v) is 4.58. The second-order valence-electron chi connectivity index (χ2n) is 11.1. The lowest BCUT2D eigenvalue weighted by Crippen LogP contribution is -2.62. The number of benzene rings is 2. The Bertz CT molecular complexity index is 1130. The summed E-state index contributed by atoms with van der Waals surface area (Å²) in [4.78, 5) is 42.5. The molecule has 3 N–H and O–H groups in total. The third-order valence-corrected chi connectivity index (χ3v) is 6.76. The van der Waals surface area contributed by atoms with Crippen LogP contribution in [0.1, 0.15) is 45.2 Å². The zero-order valence-electron chi connectivity index (χ0n) is 23.8. The van der Waals surface area contributed by atoms with Crippen LogP contribution in [-0.4, -0.2) is 60.9 Å². The van der Waals surface area contributed by atoms with E-state index in [1.54, 1.807) is 12.3 Å². The molecule has 8 heteroatoms. The van der Waals surface area contributed by atoms with Crippen molar-refractivity contribution in [2.24, 2.45) is 11.8 Å². The fraction of sp³-hybridized carbons (Fsp3) is 0.452. The third kappa shape index (κ3) is 8.68. The van der Waals surface area contributed by atoms with Gasteiger partial charge in [-0.15, -0.1) is 0 Å². The number of ether oxygens (including phenoxy) is 1. The highest BCUT2D eigenvalue weighted by Crippen LogP contribution is 2.21. The minimum Gasteiger partial charge on any atom is -0.487 e. The number of carbonyl (C=O) groups is 3. The van der Waals surface area contributed by atoms with Crippen molar-refractivity contribution in [3.8, 4) is 5.75 Å². The summed E-state index contributed by atoms with van der Waals surface area (Å²) in [6, 6.07) is 14.8. The minimum atomic E-state index is -1.03. The molecule has 2 heterocycles. The Morgan fingerprint density at radius 3 is 2.23 bits per heavy atom. The van der Waals surface area contributed by atoms with Crippen molar-refractivity contribution in [3.05, 3.63) is 71.9 Å². The first-order chi connectivity index (χ1) is 18.5. The van der Waals surface area contributed by atoms with Crippen LogP contribution >= 0.6 is 0 Å². The van der Waals surface area contributed by atoms with Crippen LogP contribution in [0.4, 0.5) is 0 Å². The predicted molar refractivity (Wildman–Crippen MR) is 154 cm³/mol. The average molecular weight is 535 g/mol. The zero-order chi connectivity index (χ0) is 28.5. The molecule has 0 fully saturated rings. The summed E-state index contributed by atoms with van der Waals surface area (Å²) in [5.41, 5.74) is 1.91. The Hall–Kier alpha value is -3.65. The number of hydrogen-bond acceptors (Lipinski definition) is 5. The highest BCUT2D eigenvalue weighted by molar-refractivity contribution is 5.94. The van der Waals surface area contributed by atoms with Crippen molar-refractivity contribution < 1.29 is 19.1 Å². The van der Waals surface area contributed by atoms with Crippen LogP contribution in [0.5, 0.6) is 5.75 Å². The summed E-state index contributed by atoms with van der Waals surface area (Å²) >= 11 is 0. The van der Waals surface area contributed by atoms with E-state index >= 15 is 0 Å². The number of nitrogens with zero attached hydrogens (tertiary/aromatic N) is 1. The normalized spacial score (nSPS) is 21.6. The van der Waals surface area contributed by atoms with E-state index < -0.39 is 30.1 Å². The molecule has 0 saturated heterocycles. The molecule has 2 aromatic rings. The van der Waals surface area contributed by atoms with Gasteiger partial charge < -0.3 is 20.7 Å². The topological polar surface area (TPSA) is 99.8 Å². The Morgan fingerprint density at radius 1 is 0.974 bits per heavy atom.